The van der Waals surface area contributed by atoms with Gasteiger partial charge in [0.15, 0.2) is 0 Å². The van der Waals surface area contributed by atoms with E-state index in [9.17, 15) is 4.79 Å². The van der Waals surface area contributed by atoms with Crippen molar-refractivity contribution in [3.05, 3.63) is 65.7 Å². The molecule has 0 fully saturated rings. The van der Waals surface area contributed by atoms with E-state index in [1.165, 1.54) is 5.56 Å². The second kappa shape index (κ2) is 5.16. The van der Waals surface area contributed by atoms with E-state index >= 15 is 0 Å². The predicted octanol–water partition coefficient (Wildman–Crippen LogP) is 3.37. The summed E-state index contributed by atoms with van der Waals surface area (Å²) < 4.78 is 0. The third-order valence-corrected chi connectivity index (χ3v) is 2.46. The Kier molecular flexibility index (Phi) is 3.40. The van der Waals surface area contributed by atoms with Crippen molar-refractivity contribution in [1.29, 1.82) is 0 Å². The molecule has 0 aliphatic rings. The average Bonchev–Trinajstić information content (AvgIpc) is 2.32. The highest BCUT2D eigenvalue weighted by Crippen LogP contribution is 2.13. The summed E-state index contributed by atoms with van der Waals surface area (Å²) in [5.41, 5.74) is 2.99. The molecule has 17 heavy (non-hydrogen) atoms. The number of carboxylic acid groups (broad SMARTS) is 1. The summed E-state index contributed by atoms with van der Waals surface area (Å²) in [5.74, 6) is 0. The largest absolute Gasteiger partial charge is 0.465 e. The summed E-state index contributed by atoms with van der Waals surface area (Å²) in [5, 5.41) is 10.9. The minimum Gasteiger partial charge on any atom is -0.465 e. The van der Waals surface area contributed by atoms with Gasteiger partial charge in [-0.1, -0.05) is 42.5 Å². The molecule has 0 bridgehead atoms. The molecule has 0 saturated carbocycles. The molecule has 0 aromatic heterocycles. The van der Waals surface area contributed by atoms with Gasteiger partial charge in [-0.2, -0.15) is 0 Å². The lowest BCUT2D eigenvalue weighted by atomic mass is 10.1. The molecule has 0 spiro atoms. The fourth-order valence-corrected chi connectivity index (χ4v) is 1.66. The van der Waals surface area contributed by atoms with Crippen LogP contribution in [0.3, 0.4) is 0 Å². The Morgan fingerprint density at radius 3 is 2.12 bits per heavy atom. The first kappa shape index (κ1) is 11.2. The highest BCUT2D eigenvalue weighted by atomic mass is 16.4. The predicted molar refractivity (Wildman–Crippen MR) is 67.3 cm³/mol. The number of hydrogen-bond donors (Lipinski definition) is 2. The highest BCUT2D eigenvalue weighted by Gasteiger charge is 1.99. The normalized spacial score (nSPS) is 9.88. The summed E-state index contributed by atoms with van der Waals surface area (Å²) in [6.45, 7) is 0. The standard InChI is InChI=1S/C14H13NO2/c16-14(17)15-13-8-6-12(7-9-13)10-11-4-2-1-3-5-11/h1-9,15H,10H2,(H,16,17). The van der Waals surface area contributed by atoms with Crippen LogP contribution in [-0.4, -0.2) is 11.2 Å². The first-order chi connectivity index (χ1) is 8.24. The number of amides is 1. The van der Waals surface area contributed by atoms with Gasteiger partial charge in [0.25, 0.3) is 0 Å². The molecular weight excluding hydrogens is 214 g/mol. The van der Waals surface area contributed by atoms with Crippen LogP contribution in [0, 0.1) is 0 Å². The van der Waals surface area contributed by atoms with Crippen molar-refractivity contribution >= 4 is 11.8 Å². The summed E-state index contributed by atoms with van der Waals surface area (Å²) in [7, 11) is 0. The third kappa shape index (κ3) is 3.34. The zero-order valence-electron chi connectivity index (χ0n) is 9.26. The van der Waals surface area contributed by atoms with Crippen LogP contribution in [0.25, 0.3) is 0 Å². The van der Waals surface area contributed by atoms with E-state index in [1.807, 2.05) is 30.3 Å². The zero-order chi connectivity index (χ0) is 12.1. The summed E-state index contributed by atoms with van der Waals surface area (Å²) >= 11 is 0. The van der Waals surface area contributed by atoms with E-state index < -0.39 is 6.09 Å². The summed E-state index contributed by atoms with van der Waals surface area (Å²) in [4.78, 5) is 10.4. The van der Waals surface area contributed by atoms with E-state index in [0.717, 1.165) is 12.0 Å². The topological polar surface area (TPSA) is 49.3 Å². The van der Waals surface area contributed by atoms with Gasteiger partial charge in [0.2, 0.25) is 0 Å². The second-order valence-electron chi connectivity index (χ2n) is 3.79. The summed E-state index contributed by atoms with van der Waals surface area (Å²) in [6, 6.07) is 17.6. The quantitative estimate of drug-likeness (QED) is 0.844. The van der Waals surface area contributed by atoms with Gasteiger partial charge in [-0.15, -0.1) is 0 Å². The number of nitrogens with one attached hydrogen (secondary N) is 1. The van der Waals surface area contributed by atoms with Crippen LogP contribution >= 0.6 is 0 Å². The Balaban J connectivity index is 2.06. The smallest absolute Gasteiger partial charge is 0.409 e. The fourth-order valence-electron chi connectivity index (χ4n) is 1.66. The minimum absolute atomic E-state index is 0.592. The number of anilines is 1. The van der Waals surface area contributed by atoms with E-state index in [0.29, 0.717) is 5.69 Å². The fraction of sp³-hybridized carbons (Fsp3) is 0.0714. The van der Waals surface area contributed by atoms with E-state index in [-0.39, 0.29) is 0 Å². The molecule has 0 aliphatic heterocycles. The van der Waals surface area contributed by atoms with Gasteiger partial charge < -0.3 is 5.11 Å². The van der Waals surface area contributed by atoms with Gasteiger partial charge in [-0.25, -0.2) is 4.79 Å². The van der Waals surface area contributed by atoms with Gasteiger partial charge in [0, 0.05) is 5.69 Å². The van der Waals surface area contributed by atoms with Crippen molar-refractivity contribution in [3.8, 4) is 0 Å². The maximum atomic E-state index is 10.4. The lowest BCUT2D eigenvalue weighted by Gasteiger charge is -2.04. The molecule has 2 aromatic rings. The van der Waals surface area contributed by atoms with Crippen molar-refractivity contribution in [1.82, 2.24) is 0 Å². The van der Waals surface area contributed by atoms with Crippen LogP contribution in [0.1, 0.15) is 11.1 Å². The first-order valence-corrected chi connectivity index (χ1v) is 5.37. The molecule has 0 saturated heterocycles. The van der Waals surface area contributed by atoms with Crippen LogP contribution in [0.4, 0.5) is 10.5 Å². The molecule has 0 radical (unpaired) electrons. The van der Waals surface area contributed by atoms with Crippen molar-refractivity contribution in [2.45, 2.75) is 6.42 Å². The Morgan fingerprint density at radius 1 is 0.941 bits per heavy atom. The van der Waals surface area contributed by atoms with Crippen molar-refractivity contribution in [3.63, 3.8) is 0 Å². The van der Waals surface area contributed by atoms with Gasteiger partial charge in [-0.05, 0) is 29.7 Å². The molecule has 0 unspecified atom stereocenters. The molecule has 2 aromatic carbocycles. The zero-order valence-corrected chi connectivity index (χ0v) is 9.26. The Morgan fingerprint density at radius 2 is 1.53 bits per heavy atom. The van der Waals surface area contributed by atoms with Gasteiger partial charge in [0.05, 0.1) is 0 Å². The first-order valence-electron chi connectivity index (χ1n) is 5.37. The van der Waals surface area contributed by atoms with Crippen LogP contribution in [0.15, 0.2) is 54.6 Å². The second-order valence-corrected chi connectivity index (χ2v) is 3.79. The minimum atomic E-state index is -1.04. The molecule has 3 nitrogen and oxygen atoms in total. The van der Waals surface area contributed by atoms with Crippen molar-refractivity contribution in [2.24, 2.45) is 0 Å². The molecule has 0 heterocycles. The molecule has 1 amide bonds. The number of rotatable bonds is 3. The Bertz CT molecular complexity index is 491. The van der Waals surface area contributed by atoms with Crippen LogP contribution in [-0.2, 0) is 6.42 Å². The van der Waals surface area contributed by atoms with Crippen molar-refractivity contribution < 1.29 is 9.90 Å². The average molecular weight is 227 g/mol. The Hall–Kier alpha value is -2.29. The van der Waals surface area contributed by atoms with Crippen LogP contribution in [0.5, 0.6) is 0 Å². The van der Waals surface area contributed by atoms with E-state index in [2.05, 4.69) is 17.4 Å². The summed E-state index contributed by atoms with van der Waals surface area (Å²) in [6.07, 6.45) is -0.186. The lowest BCUT2D eigenvalue weighted by molar-refractivity contribution is 0.210. The van der Waals surface area contributed by atoms with Gasteiger partial charge in [-0.3, -0.25) is 5.32 Å². The molecule has 0 atom stereocenters. The van der Waals surface area contributed by atoms with Gasteiger partial charge in [0.1, 0.15) is 0 Å². The molecule has 0 aliphatic carbocycles. The molecule has 2 rings (SSSR count). The Labute approximate surface area is 99.7 Å². The molecule has 3 heteroatoms. The van der Waals surface area contributed by atoms with Gasteiger partial charge >= 0.3 is 6.09 Å². The van der Waals surface area contributed by atoms with Crippen LogP contribution < -0.4 is 5.32 Å². The highest BCUT2D eigenvalue weighted by molar-refractivity contribution is 5.82. The maximum absolute atomic E-state index is 10.4. The van der Waals surface area contributed by atoms with E-state index in [1.54, 1.807) is 12.1 Å². The van der Waals surface area contributed by atoms with E-state index in [4.69, 9.17) is 5.11 Å². The maximum Gasteiger partial charge on any atom is 0.409 e. The van der Waals surface area contributed by atoms with Crippen molar-refractivity contribution in [2.75, 3.05) is 5.32 Å². The lowest BCUT2D eigenvalue weighted by Crippen LogP contribution is -2.06. The van der Waals surface area contributed by atoms with Crippen LogP contribution in [0.2, 0.25) is 0 Å². The number of hydrogen-bond acceptors (Lipinski definition) is 1. The number of carbonyl (C=O) groups is 1. The number of benzene rings is 2. The molecule has 86 valence electrons. The molecular formula is C14H13NO2. The monoisotopic (exact) mass is 227 g/mol. The molecule has 2 N–H and O–H groups in total. The SMILES string of the molecule is O=C(O)Nc1ccc(Cc2ccccc2)cc1. The third-order valence-electron chi connectivity index (χ3n) is 2.46.